The molecule has 4 nitrogen and oxygen atoms in total. The number of rotatable bonds is 4. The molecule has 0 spiro atoms. The van der Waals surface area contributed by atoms with E-state index in [1.54, 1.807) is 0 Å². The van der Waals surface area contributed by atoms with E-state index in [1.807, 2.05) is 6.20 Å². The van der Waals surface area contributed by atoms with Gasteiger partial charge in [0, 0.05) is 45.0 Å². The predicted octanol–water partition coefficient (Wildman–Crippen LogP) is 2.49. The van der Waals surface area contributed by atoms with Crippen LogP contribution in [0.3, 0.4) is 0 Å². The van der Waals surface area contributed by atoms with Gasteiger partial charge < -0.3 is 10.6 Å². The number of anilines is 1. The second-order valence-electron chi connectivity index (χ2n) is 7.44. The van der Waals surface area contributed by atoms with Crippen molar-refractivity contribution >= 4 is 5.82 Å². The molecule has 22 heavy (non-hydrogen) atoms. The molecule has 1 saturated heterocycles. The molecule has 3 unspecified atom stereocenters. The zero-order valence-corrected chi connectivity index (χ0v) is 14.2. The van der Waals surface area contributed by atoms with Crippen LogP contribution >= 0.6 is 0 Å². The summed E-state index contributed by atoms with van der Waals surface area (Å²) in [4.78, 5) is 9.40. The monoisotopic (exact) mass is 302 g/mol. The third-order valence-electron chi connectivity index (χ3n) is 5.58. The summed E-state index contributed by atoms with van der Waals surface area (Å²) in [6.07, 6.45) is 5.93. The SMILES string of the molecule is CC(C)N(C)c1ccc(CN2CC3CCCC(N)C3C2)cn1. The Hall–Kier alpha value is -1.13. The van der Waals surface area contributed by atoms with Crippen molar-refractivity contribution in [2.24, 2.45) is 17.6 Å². The predicted molar refractivity (Wildman–Crippen MR) is 91.9 cm³/mol. The summed E-state index contributed by atoms with van der Waals surface area (Å²) in [7, 11) is 2.10. The first-order valence-corrected chi connectivity index (χ1v) is 8.70. The molecular weight excluding hydrogens is 272 g/mol. The minimum absolute atomic E-state index is 0.420. The van der Waals surface area contributed by atoms with Gasteiger partial charge in [0.2, 0.25) is 0 Å². The standard InChI is InChI=1S/C18H30N4/c1-13(2)21(3)18-8-7-14(9-20-18)10-22-11-15-5-4-6-17(19)16(15)12-22/h7-9,13,15-17H,4-6,10-12,19H2,1-3H3. The van der Waals surface area contributed by atoms with Gasteiger partial charge in [0.25, 0.3) is 0 Å². The number of hydrogen-bond donors (Lipinski definition) is 1. The molecule has 1 aliphatic carbocycles. The quantitative estimate of drug-likeness (QED) is 0.928. The van der Waals surface area contributed by atoms with Gasteiger partial charge in [-0.25, -0.2) is 4.98 Å². The van der Waals surface area contributed by atoms with Crippen molar-refractivity contribution in [1.82, 2.24) is 9.88 Å². The minimum Gasteiger partial charge on any atom is -0.357 e. The fourth-order valence-electron chi connectivity index (χ4n) is 3.98. The van der Waals surface area contributed by atoms with Crippen molar-refractivity contribution in [3.63, 3.8) is 0 Å². The Morgan fingerprint density at radius 3 is 2.77 bits per heavy atom. The van der Waals surface area contributed by atoms with E-state index in [2.05, 4.69) is 47.8 Å². The second kappa shape index (κ2) is 6.55. The van der Waals surface area contributed by atoms with E-state index in [0.717, 1.165) is 18.3 Å². The van der Waals surface area contributed by atoms with Crippen LogP contribution in [0.25, 0.3) is 0 Å². The third kappa shape index (κ3) is 3.28. The Morgan fingerprint density at radius 2 is 2.14 bits per heavy atom. The second-order valence-corrected chi connectivity index (χ2v) is 7.44. The van der Waals surface area contributed by atoms with Gasteiger partial charge in [-0.3, -0.25) is 4.90 Å². The lowest BCUT2D eigenvalue weighted by Crippen LogP contribution is -2.38. The number of aromatic nitrogens is 1. The minimum atomic E-state index is 0.420. The van der Waals surface area contributed by atoms with E-state index < -0.39 is 0 Å². The average molecular weight is 302 g/mol. The first-order valence-electron chi connectivity index (χ1n) is 8.70. The summed E-state index contributed by atoms with van der Waals surface area (Å²) in [6.45, 7) is 7.76. The molecule has 1 aromatic rings. The number of nitrogens with two attached hydrogens (primary N) is 1. The van der Waals surface area contributed by atoms with E-state index >= 15 is 0 Å². The molecule has 1 aliphatic heterocycles. The maximum atomic E-state index is 6.31. The summed E-state index contributed by atoms with van der Waals surface area (Å²) in [5, 5.41) is 0. The van der Waals surface area contributed by atoms with E-state index in [1.165, 1.54) is 37.9 Å². The lowest BCUT2D eigenvalue weighted by molar-refractivity contribution is 0.259. The highest BCUT2D eigenvalue weighted by Crippen LogP contribution is 2.36. The van der Waals surface area contributed by atoms with Gasteiger partial charge in [0.05, 0.1) is 0 Å². The lowest BCUT2D eigenvalue weighted by Gasteiger charge is -2.29. The van der Waals surface area contributed by atoms with Gasteiger partial charge in [-0.05, 0) is 50.2 Å². The lowest BCUT2D eigenvalue weighted by atomic mass is 9.78. The highest BCUT2D eigenvalue weighted by atomic mass is 15.2. The summed E-state index contributed by atoms with van der Waals surface area (Å²) in [5.41, 5.74) is 7.63. The maximum Gasteiger partial charge on any atom is 0.128 e. The van der Waals surface area contributed by atoms with E-state index in [-0.39, 0.29) is 0 Å². The van der Waals surface area contributed by atoms with Crippen LogP contribution in [0.4, 0.5) is 5.82 Å². The first kappa shape index (κ1) is 15.8. The number of nitrogens with zero attached hydrogens (tertiary/aromatic N) is 3. The molecule has 2 fully saturated rings. The van der Waals surface area contributed by atoms with Crippen molar-refractivity contribution in [2.45, 2.75) is 51.7 Å². The fraction of sp³-hybridized carbons (Fsp3) is 0.722. The molecule has 3 rings (SSSR count). The number of pyridine rings is 1. The van der Waals surface area contributed by atoms with Crippen molar-refractivity contribution in [2.75, 3.05) is 25.0 Å². The van der Waals surface area contributed by atoms with Crippen molar-refractivity contribution in [3.05, 3.63) is 23.9 Å². The molecule has 4 heteroatoms. The van der Waals surface area contributed by atoms with Crippen LogP contribution in [-0.2, 0) is 6.54 Å². The smallest absolute Gasteiger partial charge is 0.128 e. The summed E-state index contributed by atoms with van der Waals surface area (Å²) in [6, 6.07) is 5.26. The van der Waals surface area contributed by atoms with Crippen LogP contribution in [0.15, 0.2) is 18.3 Å². The highest BCUT2D eigenvalue weighted by Gasteiger charge is 2.38. The molecule has 0 aromatic carbocycles. The van der Waals surface area contributed by atoms with Gasteiger partial charge in [0.15, 0.2) is 0 Å². The Morgan fingerprint density at radius 1 is 1.32 bits per heavy atom. The summed E-state index contributed by atoms with van der Waals surface area (Å²) >= 11 is 0. The maximum absolute atomic E-state index is 6.31. The van der Waals surface area contributed by atoms with Crippen LogP contribution in [0, 0.1) is 11.8 Å². The molecule has 2 aliphatic rings. The normalized spacial score (nSPS) is 28.9. The number of hydrogen-bond acceptors (Lipinski definition) is 4. The molecule has 2 heterocycles. The molecule has 0 radical (unpaired) electrons. The molecule has 2 N–H and O–H groups in total. The van der Waals surface area contributed by atoms with Crippen LogP contribution in [0.2, 0.25) is 0 Å². The number of fused-ring (bicyclic) bond motifs is 1. The van der Waals surface area contributed by atoms with E-state index in [4.69, 9.17) is 5.73 Å². The van der Waals surface area contributed by atoms with E-state index in [9.17, 15) is 0 Å². The average Bonchev–Trinajstić information content (AvgIpc) is 2.91. The van der Waals surface area contributed by atoms with E-state index in [0.29, 0.717) is 18.0 Å². The molecular formula is C18H30N4. The van der Waals surface area contributed by atoms with Crippen molar-refractivity contribution in [1.29, 1.82) is 0 Å². The fourth-order valence-corrected chi connectivity index (χ4v) is 3.98. The molecule has 0 bridgehead atoms. The Bertz CT molecular complexity index is 484. The van der Waals surface area contributed by atoms with Gasteiger partial charge in [0.1, 0.15) is 5.82 Å². The number of likely N-dealkylation sites (tertiary alicyclic amines) is 1. The molecule has 0 amide bonds. The first-order chi connectivity index (χ1) is 10.5. The Kier molecular flexibility index (Phi) is 4.69. The summed E-state index contributed by atoms with van der Waals surface area (Å²) in [5.74, 6) is 2.59. The summed E-state index contributed by atoms with van der Waals surface area (Å²) < 4.78 is 0. The molecule has 3 atom stereocenters. The van der Waals surface area contributed by atoms with Gasteiger partial charge in [-0.2, -0.15) is 0 Å². The van der Waals surface area contributed by atoms with Crippen molar-refractivity contribution < 1.29 is 0 Å². The zero-order chi connectivity index (χ0) is 15.7. The Balaban J connectivity index is 1.60. The third-order valence-corrected chi connectivity index (χ3v) is 5.58. The van der Waals surface area contributed by atoms with Gasteiger partial charge >= 0.3 is 0 Å². The van der Waals surface area contributed by atoms with Crippen molar-refractivity contribution in [3.8, 4) is 0 Å². The van der Waals surface area contributed by atoms with Gasteiger partial charge in [-0.15, -0.1) is 0 Å². The van der Waals surface area contributed by atoms with Crippen LogP contribution in [0.1, 0.15) is 38.7 Å². The van der Waals surface area contributed by atoms with Gasteiger partial charge in [-0.1, -0.05) is 12.5 Å². The van der Waals surface area contributed by atoms with Crippen LogP contribution in [-0.4, -0.2) is 42.1 Å². The largest absolute Gasteiger partial charge is 0.357 e. The zero-order valence-electron chi connectivity index (χ0n) is 14.2. The highest BCUT2D eigenvalue weighted by molar-refractivity contribution is 5.39. The molecule has 1 saturated carbocycles. The molecule has 122 valence electrons. The topological polar surface area (TPSA) is 45.4 Å². The Labute approximate surface area is 134 Å². The molecule has 1 aromatic heterocycles. The van der Waals surface area contributed by atoms with Crippen LogP contribution in [0.5, 0.6) is 0 Å². The van der Waals surface area contributed by atoms with Crippen LogP contribution < -0.4 is 10.6 Å².